The molecule has 6 fully saturated rings. The Bertz CT molecular complexity index is 883. The molecule has 0 aromatic heterocycles. The minimum Gasteiger partial charge on any atom is -0.126 e. The number of hydrogen-bond acceptors (Lipinski definition) is 0. The molecule has 0 aromatic rings. The summed E-state index contributed by atoms with van der Waals surface area (Å²) >= 11 is 0. The van der Waals surface area contributed by atoms with Crippen LogP contribution >= 0.6 is 35.6 Å². The largest absolute Gasteiger partial charge is 0.126 e. The van der Waals surface area contributed by atoms with Gasteiger partial charge in [0.2, 0.25) is 0 Å². The Morgan fingerprint density at radius 2 is 0.538 bits per heavy atom. The topological polar surface area (TPSA) is 0 Å². The SMILES string of the molecule is CCC(C1CCCCC1)C(P)(C1CCCCC1)P(C(P)(C1CCCCC1)C(CC)C1CCCCC1)C(P)(C1CCCCC1)C(CC)C1CCCCC1. The Labute approximate surface area is 334 Å². The van der Waals surface area contributed by atoms with Crippen molar-refractivity contribution in [3.8, 4) is 0 Å². The molecular weight excluding hydrogens is 700 g/mol. The van der Waals surface area contributed by atoms with E-state index in [9.17, 15) is 0 Å². The van der Waals surface area contributed by atoms with Gasteiger partial charge >= 0.3 is 0 Å². The van der Waals surface area contributed by atoms with Crippen LogP contribution in [-0.4, -0.2) is 14.7 Å². The lowest BCUT2D eigenvalue weighted by molar-refractivity contribution is 0.138. The van der Waals surface area contributed by atoms with Crippen LogP contribution in [0.25, 0.3) is 0 Å². The van der Waals surface area contributed by atoms with Crippen LogP contribution in [-0.2, 0) is 0 Å². The molecule has 9 atom stereocenters. The van der Waals surface area contributed by atoms with Gasteiger partial charge in [-0.1, -0.05) is 202 Å². The first-order valence-corrected chi connectivity index (χ1v) is 27.6. The quantitative estimate of drug-likeness (QED) is 0.145. The lowest BCUT2D eigenvalue weighted by atomic mass is 9.70. The van der Waals surface area contributed by atoms with E-state index in [4.69, 9.17) is 0 Å². The molecule has 6 aliphatic rings. The van der Waals surface area contributed by atoms with Crippen LogP contribution in [0.1, 0.15) is 233 Å². The lowest BCUT2D eigenvalue weighted by Gasteiger charge is -2.70. The van der Waals surface area contributed by atoms with Crippen LogP contribution in [0.15, 0.2) is 0 Å². The second-order valence-electron chi connectivity index (χ2n) is 20.2. The van der Waals surface area contributed by atoms with Crippen molar-refractivity contribution in [2.75, 3.05) is 0 Å². The van der Waals surface area contributed by atoms with Crippen LogP contribution in [0, 0.1) is 53.3 Å². The fraction of sp³-hybridized carbons (Fsp3) is 1.00. The van der Waals surface area contributed by atoms with E-state index in [1.165, 1.54) is 212 Å². The third kappa shape index (κ3) is 8.98. The summed E-state index contributed by atoms with van der Waals surface area (Å²) in [6.45, 7) is 8.13. The van der Waals surface area contributed by atoms with Gasteiger partial charge in [0.25, 0.3) is 0 Å². The summed E-state index contributed by atoms with van der Waals surface area (Å²) in [4.78, 5) is 1.15. The van der Waals surface area contributed by atoms with Crippen LogP contribution < -0.4 is 0 Å². The van der Waals surface area contributed by atoms with Gasteiger partial charge in [-0.05, 0) is 91.8 Å². The molecule has 302 valence electrons. The van der Waals surface area contributed by atoms with Gasteiger partial charge in [-0.15, -0.1) is 27.7 Å². The Morgan fingerprint density at radius 1 is 0.346 bits per heavy atom. The molecule has 0 aliphatic heterocycles. The zero-order chi connectivity index (χ0) is 36.6. The average molecular weight is 791 g/mol. The van der Waals surface area contributed by atoms with Crippen molar-refractivity contribution < 1.29 is 0 Å². The zero-order valence-electron chi connectivity index (χ0n) is 35.2. The summed E-state index contributed by atoms with van der Waals surface area (Å²) in [6, 6.07) is 0. The molecule has 0 N–H and O–H groups in total. The second-order valence-corrected chi connectivity index (χ2v) is 27.6. The fourth-order valence-corrected chi connectivity index (χ4v) is 29.3. The molecule has 9 unspecified atom stereocenters. The normalized spacial score (nSPS) is 30.8. The van der Waals surface area contributed by atoms with Crippen molar-refractivity contribution in [2.45, 2.75) is 247 Å². The molecule has 0 nitrogen and oxygen atoms in total. The molecule has 0 spiro atoms. The lowest BCUT2D eigenvalue weighted by Crippen LogP contribution is -2.59. The van der Waals surface area contributed by atoms with E-state index in [1.54, 1.807) is 0 Å². The van der Waals surface area contributed by atoms with E-state index in [2.05, 4.69) is 48.5 Å². The van der Waals surface area contributed by atoms with Gasteiger partial charge in [0, 0.05) is 14.7 Å². The first-order chi connectivity index (χ1) is 25.3. The van der Waals surface area contributed by atoms with E-state index >= 15 is 0 Å². The highest BCUT2D eigenvalue weighted by molar-refractivity contribution is 7.79. The molecular formula is C48H90P4. The summed E-state index contributed by atoms with van der Waals surface area (Å²) < 4.78 is 0. The van der Waals surface area contributed by atoms with Gasteiger partial charge in [-0.25, -0.2) is 0 Å². The van der Waals surface area contributed by atoms with Gasteiger partial charge in [-0.3, -0.25) is 0 Å². The van der Waals surface area contributed by atoms with Gasteiger partial charge in [0.1, 0.15) is 0 Å². The van der Waals surface area contributed by atoms with Gasteiger partial charge in [-0.2, -0.15) is 0 Å². The van der Waals surface area contributed by atoms with E-state index in [1.807, 2.05) is 0 Å². The number of rotatable bonds is 15. The van der Waals surface area contributed by atoms with E-state index < -0.39 is 0 Å². The summed E-state index contributed by atoms with van der Waals surface area (Å²) in [5.74, 6) is 8.22. The molecule has 4 heteroatoms. The minimum atomic E-state index is -0.387. The summed E-state index contributed by atoms with van der Waals surface area (Å²) in [5, 5.41) is 0. The fourth-order valence-electron chi connectivity index (χ4n) is 15.4. The number of hydrogen-bond donors (Lipinski definition) is 0. The maximum Gasteiger partial charge on any atom is 0.0124 e. The molecule has 0 radical (unpaired) electrons. The Kier molecular flexibility index (Phi) is 17.2. The monoisotopic (exact) mass is 791 g/mol. The standard InChI is InChI=1S/C48H90P4/c1-4-43(37-25-13-7-14-26-37)46(49,40-31-19-10-20-32-40)52(47(50,41-33-21-11-22-34-41)44(5-2)38-27-15-8-16-28-38)48(51,42-35-23-12-24-36-42)45(6-3)39-29-17-9-18-30-39/h37-45H,4-36,49-51H2,1-3H3. The van der Waals surface area contributed by atoms with Crippen LogP contribution in [0.2, 0.25) is 0 Å². The molecule has 6 rings (SSSR count). The van der Waals surface area contributed by atoms with Crippen molar-refractivity contribution in [1.29, 1.82) is 0 Å². The van der Waals surface area contributed by atoms with E-state index in [0.29, 0.717) is 14.7 Å². The molecule has 6 saturated carbocycles. The predicted molar refractivity (Wildman–Crippen MR) is 245 cm³/mol. The van der Waals surface area contributed by atoms with E-state index in [0.717, 1.165) is 53.3 Å². The third-order valence-corrected chi connectivity index (χ3v) is 27.1. The van der Waals surface area contributed by atoms with Crippen molar-refractivity contribution in [3.63, 3.8) is 0 Å². The third-order valence-electron chi connectivity index (χ3n) is 17.7. The van der Waals surface area contributed by atoms with Crippen LogP contribution in [0.5, 0.6) is 0 Å². The maximum atomic E-state index is 4.16. The Balaban J connectivity index is 1.66. The second kappa shape index (κ2) is 20.6. The van der Waals surface area contributed by atoms with Crippen LogP contribution in [0.3, 0.4) is 0 Å². The van der Waals surface area contributed by atoms with Crippen molar-refractivity contribution in [2.24, 2.45) is 53.3 Å². The summed E-state index contributed by atoms with van der Waals surface area (Å²) in [7, 11) is 12.1. The molecule has 0 amide bonds. The average Bonchev–Trinajstić information content (AvgIpc) is 3.21. The highest BCUT2D eigenvalue weighted by Crippen LogP contribution is 2.87. The van der Waals surface area contributed by atoms with Crippen molar-refractivity contribution >= 4 is 35.6 Å². The van der Waals surface area contributed by atoms with Gasteiger partial charge in [0.15, 0.2) is 0 Å². The van der Waals surface area contributed by atoms with Crippen molar-refractivity contribution in [3.05, 3.63) is 0 Å². The zero-order valence-corrected chi connectivity index (χ0v) is 39.6. The molecule has 6 aliphatic carbocycles. The van der Waals surface area contributed by atoms with E-state index in [-0.39, 0.29) is 7.92 Å². The van der Waals surface area contributed by atoms with Crippen LogP contribution in [0.4, 0.5) is 0 Å². The molecule has 0 aromatic carbocycles. The highest BCUT2D eigenvalue weighted by Gasteiger charge is 2.67. The minimum absolute atomic E-state index is 0.384. The van der Waals surface area contributed by atoms with Gasteiger partial charge in [0.05, 0.1) is 0 Å². The van der Waals surface area contributed by atoms with Crippen molar-refractivity contribution in [1.82, 2.24) is 0 Å². The Morgan fingerprint density at radius 3 is 0.731 bits per heavy atom. The summed E-state index contributed by atoms with van der Waals surface area (Å²) in [5.41, 5.74) is 0. The highest BCUT2D eigenvalue weighted by atomic mass is 31.2. The summed E-state index contributed by atoms with van der Waals surface area (Å²) in [6.07, 6.45) is 49.7. The Hall–Kier alpha value is 1.72. The maximum absolute atomic E-state index is 4.16. The smallest absolute Gasteiger partial charge is 0.0124 e. The molecule has 52 heavy (non-hydrogen) atoms. The first kappa shape index (κ1) is 43.3. The van der Waals surface area contributed by atoms with Gasteiger partial charge < -0.3 is 0 Å². The molecule has 0 bridgehead atoms. The first-order valence-electron chi connectivity index (χ1n) is 24.5. The molecule has 0 heterocycles. The molecule has 0 saturated heterocycles. The predicted octanol–water partition coefficient (Wildman–Crippen LogP) is 16.7.